The molecule has 0 atom stereocenters. The fourth-order valence-corrected chi connectivity index (χ4v) is 1.87. The van der Waals surface area contributed by atoms with E-state index in [1.54, 1.807) is 0 Å². The molecule has 0 aliphatic rings. The molecule has 0 aromatic carbocycles. The summed E-state index contributed by atoms with van der Waals surface area (Å²) in [6.45, 7) is 11.6. The smallest absolute Gasteiger partial charge is 0.282 e. The zero-order chi connectivity index (χ0) is 13.0. The third-order valence-corrected chi connectivity index (χ3v) is 2.58. The molecule has 0 rings (SSSR count). The second-order valence-corrected chi connectivity index (χ2v) is 4.00. The Kier molecular flexibility index (Phi) is 10.9. The average molecular weight is 245 g/mol. The average Bonchev–Trinajstić information content (AvgIpc) is 2.30. The van der Waals surface area contributed by atoms with E-state index in [4.69, 9.17) is 14.2 Å². The van der Waals surface area contributed by atoms with Gasteiger partial charge in [-0.2, -0.15) is 0 Å². The second-order valence-electron chi connectivity index (χ2n) is 4.00. The van der Waals surface area contributed by atoms with Crippen LogP contribution >= 0.6 is 0 Å². The topological polar surface area (TPSA) is 27.7 Å². The van der Waals surface area contributed by atoms with E-state index in [1.807, 2.05) is 20.8 Å². The number of unbranched alkanes of at least 4 members (excludes halogenated alkanes) is 4. The van der Waals surface area contributed by atoms with Crippen molar-refractivity contribution < 1.29 is 14.2 Å². The molecule has 0 N–H and O–H groups in total. The van der Waals surface area contributed by atoms with Crippen LogP contribution in [0.25, 0.3) is 0 Å². The Morgan fingerprint density at radius 3 is 1.65 bits per heavy atom. The van der Waals surface area contributed by atoms with Gasteiger partial charge < -0.3 is 14.2 Å². The van der Waals surface area contributed by atoms with E-state index >= 15 is 0 Å². The van der Waals surface area contributed by atoms with Crippen LogP contribution in [0.15, 0.2) is 0 Å². The molecule has 0 unspecified atom stereocenters. The lowest BCUT2D eigenvalue weighted by Gasteiger charge is -2.32. The van der Waals surface area contributed by atoms with E-state index in [9.17, 15) is 0 Å². The van der Waals surface area contributed by atoms with Gasteiger partial charge in [0.15, 0.2) is 0 Å². The lowest BCUT2D eigenvalue weighted by molar-refractivity contribution is -0.380. The maximum absolute atomic E-state index is 5.66. The summed E-state index contributed by atoms with van der Waals surface area (Å²) in [7, 11) is 0. The van der Waals surface area contributed by atoms with Crippen molar-refractivity contribution >= 4 is 0 Å². The van der Waals surface area contributed by atoms with Gasteiger partial charge in [-0.25, -0.2) is 0 Å². The second kappa shape index (κ2) is 11.0. The Balaban J connectivity index is 4.05. The van der Waals surface area contributed by atoms with Crippen LogP contribution in [-0.4, -0.2) is 25.8 Å². The van der Waals surface area contributed by atoms with Crippen molar-refractivity contribution in [2.75, 3.05) is 19.8 Å². The zero-order valence-electron chi connectivity index (χ0n) is 11.8. The molecular formula is C14H29O3. The van der Waals surface area contributed by atoms with Gasteiger partial charge in [0.05, 0.1) is 0 Å². The third kappa shape index (κ3) is 7.74. The summed E-state index contributed by atoms with van der Waals surface area (Å²) in [4.78, 5) is 0. The van der Waals surface area contributed by atoms with Crippen LogP contribution in [0.3, 0.4) is 0 Å². The lowest BCUT2D eigenvalue weighted by atomic mass is 10.1. The number of hydrogen-bond acceptors (Lipinski definition) is 3. The van der Waals surface area contributed by atoms with Crippen molar-refractivity contribution in [3.8, 4) is 0 Å². The van der Waals surface area contributed by atoms with Crippen LogP contribution in [0.2, 0.25) is 0 Å². The molecular weight excluding hydrogens is 216 g/mol. The van der Waals surface area contributed by atoms with Crippen LogP contribution in [0.5, 0.6) is 0 Å². The molecule has 0 heterocycles. The lowest BCUT2D eigenvalue weighted by Crippen LogP contribution is -2.39. The van der Waals surface area contributed by atoms with Gasteiger partial charge in [-0.3, -0.25) is 0 Å². The minimum absolute atomic E-state index is 0.610. The first-order valence-corrected chi connectivity index (χ1v) is 6.95. The molecule has 0 saturated heterocycles. The molecule has 0 saturated carbocycles. The predicted molar refractivity (Wildman–Crippen MR) is 70.7 cm³/mol. The summed E-state index contributed by atoms with van der Waals surface area (Å²) >= 11 is 0. The van der Waals surface area contributed by atoms with Gasteiger partial charge in [-0.05, 0) is 27.2 Å². The van der Waals surface area contributed by atoms with Gasteiger partial charge in [-0.1, -0.05) is 32.6 Å². The van der Waals surface area contributed by atoms with Gasteiger partial charge in [0, 0.05) is 26.2 Å². The highest BCUT2D eigenvalue weighted by Crippen LogP contribution is 2.23. The molecule has 17 heavy (non-hydrogen) atoms. The summed E-state index contributed by atoms with van der Waals surface area (Å²) in [5, 5.41) is 0. The molecule has 1 radical (unpaired) electrons. The fourth-order valence-electron chi connectivity index (χ4n) is 1.87. The fraction of sp³-hybridized carbons (Fsp3) is 0.929. The Morgan fingerprint density at radius 2 is 1.24 bits per heavy atom. The van der Waals surface area contributed by atoms with E-state index < -0.39 is 5.97 Å². The Labute approximate surface area is 107 Å². The van der Waals surface area contributed by atoms with E-state index in [0.717, 1.165) is 19.3 Å². The molecule has 0 aliphatic carbocycles. The maximum atomic E-state index is 5.66. The molecule has 0 spiro atoms. The van der Waals surface area contributed by atoms with Crippen LogP contribution in [-0.2, 0) is 14.2 Å². The van der Waals surface area contributed by atoms with Crippen LogP contribution in [0.4, 0.5) is 0 Å². The van der Waals surface area contributed by atoms with Crippen LogP contribution in [0, 0.1) is 6.92 Å². The standard InChI is InChI=1S/C14H29O3/c1-5-9-10-11-12-13-14(15-6-2,16-7-3)17-8-4/h1,5-13H2,2-4H3. The molecule has 0 aliphatic heterocycles. The number of rotatable bonds is 12. The first-order chi connectivity index (χ1) is 8.24. The van der Waals surface area contributed by atoms with E-state index in [1.165, 1.54) is 19.3 Å². The number of ether oxygens (including phenoxy) is 3. The van der Waals surface area contributed by atoms with E-state index in [2.05, 4.69) is 6.92 Å². The van der Waals surface area contributed by atoms with Crippen LogP contribution in [0.1, 0.15) is 59.3 Å². The first-order valence-electron chi connectivity index (χ1n) is 6.95. The minimum atomic E-state index is -0.817. The number of hydrogen-bond donors (Lipinski definition) is 0. The third-order valence-electron chi connectivity index (χ3n) is 2.58. The summed E-state index contributed by atoms with van der Waals surface area (Å²) in [5.41, 5.74) is 0. The summed E-state index contributed by atoms with van der Waals surface area (Å²) in [5.74, 6) is -0.817. The molecule has 0 aromatic heterocycles. The molecule has 0 bridgehead atoms. The van der Waals surface area contributed by atoms with Gasteiger partial charge in [0.25, 0.3) is 5.97 Å². The highest BCUT2D eigenvalue weighted by atomic mass is 16.9. The summed E-state index contributed by atoms with van der Waals surface area (Å²) in [6.07, 6.45) is 6.51. The SMILES string of the molecule is [CH2]CCCCCCC(OCC)(OCC)OCC. The van der Waals surface area contributed by atoms with Crippen molar-refractivity contribution in [2.24, 2.45) is 0 Å². The molecule has 3 heteroatoms. The molecule has 103 valence electrons. The van der Waals surface area contributed by atoms with Crippen molar-refractivity contribution in [2.45, 2.75) is 65.3 Å². The van der Waals surface area contributed by atoms with E-state index in [0.29, 0.717) is 19.8 Å². The molecule has 3 nitrogen and oxygen atoms in total. The van der Waals surface area contributed by atoms with Crippen molar-refractivity contribution in [3.63, 3.8) is 0 Å². The first kappa shape index (κ1) is 16.9. The van der Waals surface area contributed by atoms with Gasteiger partial charge in [0.2, 0.25) is 0 Å². The van der Waals surface area contributed by atoms with Gasteiger partial charge in [-0.15, -0.1) is 0 Å². The molecule has 0 aromatic rings. The Bertz CT molecular complexity index is 143. The van der Waals surface area contributed by atoms with Crippen molar-refractivity contribution in [1.29, 1.82) is 0 Å². The largest absolute Gasteiger partial charge is 0.328 e. The van der Waals surface area contributed by atoms with E-state index in [-0.39, 0.29) is 0 Å². The quantitative estimate of drug-likeness (QED) is 0.385. The summed E-state index contributed by atoms with van der Waals surface area (Å²) in [6, 6.07) is 0. The van der Waals surface area contributed by atoms with Gasteiger partial charge >= 0.3 is 0 Å². The monoisotopic (exact) mass is 245 g/mol. The van der Waals surface area contributed by atoms with Crippen LogP contribution < -0.4 is 0 Å². The minimum Gasteiger partial charge on any atom is -0.328 e. The molecule has 0 amide bonds. The summed E-state index contributed by atoms with van der Waals surface area (Å²) < 4.78 is 17.0. The Hall–Kier alpha value is -0.120. The zero-order valence-corrected chi connectivity index (χ0v) is 11.8. The highest BCUT2D eigenvalue weighted by Gasteiger charge is 2.31. The molecule has 0 fully saturated rings. The normalized spacial score (nSPS) is 12.0. The predicted octanol–water partition coefficient (Wildman–Crippen LogP) is 3.92. The maximum Gasteiger partial charge on any atom is 0.282 e. The van der Waals surface area contributed by atoms with Crippen molar-refractivity contribution in [1.82, 2.24) is 0 Å². The Morgan fingerprint density at radius 1 is 0.765 bits per heavy atom. The highest BCUT2D eigenvalue weighted by molar-refractivity contribution is 4.59. The van der Waals surface area contributed by atoms with Gasteiger partial charge in [0.1, 0.15) is 0 Å². The van der Waals surface area contributed by atoms with Crippen molar-refractivity contribution in [3.05, 3.63) is 6.92 Å².